The van der Waals surface area contributed by atoms with Gasteiger partial charge in [-0.15, -0.1) is 34.2 Å². The maximum Gasteiger partial charge on any atom is 0.190 e. The molecule has 8 heteroatoms. The fourth-order valence-corrected chi connectivity index (χ4v) is 4.37. The molecule has 0 unspecified atom stereocenters. The van der Waals surface area contributed by atoms with Crippen LogP contribution in [0, 0.1) is 6.92 Å². The van der Waals surface area contributed by atoms with Gasteiger partial charge in [-0.2, -0.15) is 0 Å². The van der Waals surface area contributed by atoms with Gasteiger partial charge < -0.3 is 20.2 Å². The Morgan fingerprint density at radius 3 is 2.87 bits per heavy atom. The summed E-state index contributed by atoms with van der Waals surface area (Å²) in [7, 11) is 1.82. The Labute approximate surface area is 201 Å². The molecular weight excluding hydrogens is 501 g/mol. The number of nitrogens with zero attached hydrogens (tertiary/aromatic N) is 4. The van der Waals surface area contributed by atoms with Crippen molar-refractivity contribution in [1.82, 2.24) is 30.4 Å². The predicted molar refractivity (Wildman–Crippen MR) is 137 cm³/mol. The molecule has 3 N–H and O–H groups in total. The van der Waals surface area contributed by atoms with E-state index in [0.717, 1.165) is 57.1 Å². The SMILES string of the molecule is CN=C(NCCCc1nnc2n1CCCCC2)NCCc1c[nH]c2cccc(C)c12.I. The Hall–Kier alpha value is -2.10. The number of rotatable bonds is 7. The molecule has 0 spiro atoms. The Morgan fingerprint density at radius 1 is 1.13 bits per heavy atom. The molecule has 3 aromatic rings. The first-order valence-electron chi connectivity index (χ1n) is 11.2. The molecule has 0 bridgehead atoms. The third kappa shape index (κ3) is 5.78. The number of hydrogen-bond donors (Lipinski definition) is 3. The smallest absolute Gasteiger partial charge is 0.190 e. The van der Waals surface area contributed by atoms with Crippen molar-refractivity contribution in [2.45, 2.75) is 58.4 Å². The lowest BCUT2D eigenvalue weighted by Crippen LogP contribution is -2.38. The van der Waals surface area contributed by atoms with Gasteiger partial charge in [0.05, 0.1) is 0 Å². The van der Waals surface area contributed by atoms with Crippen molar-refractivity contribution >= 4 is 40.8 Å². The second-order valence-corrected chi connectivity index (χ2v) is 8.09. The predicted octanol–water partition coefficient (Wildman–Crippen LogP) is 3.75. The van der Waals surface area contributed by atoms with E-state index in [1.165, 1.54) is 47.1 Å². The second-order valence-electron chi connectivity index (χ2n) is 8.09. The number of aliphatic imine (C=N–C) groups is 1. The zero-order valence-electron chi connectivity index (χ0n) is 18.6. The van der Waals surface area contributed by atoms with Crippen molar-refractivity contribution in [2.24, 2.45) is 4.99 Å². The van der Waals surface area contributed by atoms with Gasteiger partial charge in [0.2, 0.25) is 0 Å². The normalized spacial score (nSPS) is 14.1. The highest BCUT2D eigenvalue weighted by molar-refractivity contribution is 14.0. The van der Waals surface area contributed by atoms with Crippen LogP contribution in [0.5, 0.6) is 0 Å². The maximum atomic E-state index is 4.42. The van der Waals surface area contributed by atoms with E-state index in [4.69, 9.17) is 0 Å². The lowest BCUT2D eigenvalue weighted by molar-refractivity contribution is 0.594. The van der Waals surface area contributed by atoms with Gasteiger partial charge in [-0.25, -0.2) is 0 Å². The van der Waals surface area contributed by atoms with E-state index >= 15 is 0 Å². The average Bonchev–Trinajstić information content (AvgIpc) is 3.27. The number of aromatic nitrogens is 4. The van der Waals surface area contributed by atoms with Crippen LogP contribution in [0.1, 0.15) is 48.5 Å². The van der Waals surface area contributed by atoms with Crippen LogP contribution in [0.25, 0.3) is 10.9 Å². The fourth-order valence-electron chi connectivity index (χ4n) is 4.37. The van der Waals surface area contributed by atoms with Crippen LogP contribution in [0.3, 0.4) is 0 Å². The summed E-state index contributed by atoms with van der Waals surface area (Å²) in [6, 6.07) is 6.40. The number of aromatic amines is 1. The number of hydrogen-bond acceptors (Lipinski definition) is 3. The summed E-state index contributed by atoms with van der Waals surface area (Å²) in [6.07, 6.45) is 9.88. The summed E-state index contributed by atoms with van der Waals surface area (Å²) in [5.41, 5.74) is 3.87. The standard InChI is InChI=1S/C23H33N7.HI/c1-17-8-6-9-19-22(17)18(16-27-19)12-14-26-23(24-2)25-13-7-11-21-29-28-20-10-4-3-5-15-30(20)21;/h6,8-9,16,27H,3-5,7,10-15H2,1-2H3,(H2,24,25,26);1H. The molecule has 1 aliphatic rings. The molecule has 4 rings (SSSR count). The van der Waals surface area contributed by atoms with E-state index in [2.05, 4.69) is 66.7 Å². The van der Waals surface area contributed by atoms with Crippen LogP contribution in [0.15, 0.2) is 29.4 Å². The van der Waals surface area contributed by atoms with E-state index < -0.39 is 0 Å². The molecule has 2 aromatic heterocycles. The summed E-state index contributed by atoms with van der Waals surface area (Å²) in [5, 5.41) is 17.0. The highest BCUT2D eigenvalue weighted by atomic mass is 127. The molecule has 31 heavy (non-hydrogen) atoms. The second kappa shape index (κ2) is 11.5. The van der Waals surface area contributed by atoms with E-state index in [9.17, 15) is 0 Å². The molecule has 1 aromatic carbocycles. The molecule has 1 aliphatic heterocycles. The number of benzene rings is 1. The zero-order valence-corrected chi connectivity index (χ0v) is 20.9. The molecule has 168 valence electrons. The van der Waals surface area contributed by atoms with Gasteiger partial charge in [-0.1, -0.05) is 18.6 Å². The number of guanidine groups is 1. The Kier molecular flexibility index (Phi) is 8.74. The van der Waals surface area contributed by atoms with Crippen LogP contribution in [0.4, 0.5) is 0 Å². The van der Waals surface area contributed by atoms with Crippen molar-refractivity contribution in [2.75, 3.05) is 20.1 Å². The van der Waals surface area contributed by atoms with Crippen LogP contribution in [0.2, 0.25) is 0 Å². The third-order valence-corrected chi connectivity index (χ3v) is 5.96. The van der Waals surface area contributed by atoms with Crippen LogP contribution in [-0.4, -0.2) is 45.8 Å². The van der Waals surface area contributed by atoms with Gasteiger partial charge in [-0.3, -0.25) is 4.99 Å². The summed E-state index contributed by atoms with van der Waals surface area (Å²) in [6.45, 7) is 4.95. The molecule has 0 saturated heterocycles. The average molecular weight is 535 g/mol. The third-order valence-electron chi connectivity index (χ3n) is 5.96. The Bertz CT molecular complexity index is 1000. The molecule has 0 saturated carbocycles. The summed E-state index contributed by atoms with van der Waals surface area (Å²) in [5.74, 6) is 3.15. The van der Waals surface area contributed by atoms with E-state index in [1.807, 2.05) is 7.05 Å². The molecule has 3 heterocycles. The Balaban J connectivity index is 0.00000272. The van der Waals surface area contributed by atoms with Crippen molar-refractivity contribution < 1.29 is 0 Å². The number of fused-ring (bicyclic) bond motifs is 2. The summed E-state index contributed by atoms with van der Waals surface area (Å²) >= 11 is 0. The van der Waals surface area contributed by atoms with Gasteiger partial charge in [0.25, 0.3) is 0 Å². The van der Waals surface area contributed by atoms with Crippen LogP contribution in [-0.2, 0) is 25.8 Å². The molecule has 0 aliphatic carbocycles. The minimum Gasteiger partial charge on any atom is -0.361 e. The highest BCUT2D eigenvalue weighted by Crippen LogP contribution is 2.22. The van der Waals surface area contributed by atoms with E-state index in [0.29, 0.717) is 0 Å². The molecule has 0 atom stereocenters. The largest absolute Gasteiger partial charge is 0.361 e. The van der Waals surface area contributed by atoms with E-state index in [1.54, 1.807) is 0 Å². The van der Waals surface area contributed by atoms with Crippen LogP contribution < -0.4 is 10.6 Å². The maximum absolute atomic E-state index is 4.42. The zero-order chi connectivity index (χ0) is 20.8. The van der Waals surface area contributed by atoms with Gasteiger partial charge in [0, 0.05) is 56.6 Å². The minimum absolute atomic E-state index is 0. The quantitative estimate of drug-likeness (QED) is 0.186. The summed E-state index contributed by atoms with van der Waals surface area (Å²) < 4.78 is 2.34. The molecule has 0 amide bonds. The monoisotopic (exact) mass is 535 g/mol. The lowest BCUT2D eigenvalue weighted by atomic mass is 10.1. The van der Waals surface area contributed by atoms with Crippen molar-refractivity contribution in [1.29, 1.82) is 0 Å². The van der Waals surface area contributed by atoms with Crippen molar-refractivity contribution in [3.05, 3.63) is 47.2 Å². The number of aryl methyl sites for hydroxylation is 3. The number of halogens is 1. The minimum atomic E-state index is 0. The molecular formula is C23H34IN7. The lowest BCUT2D eigenvalue weighted by Gasteiger charge is -2.12. The first-order chi connectivity index (χ1) is 14.8. The van der Waals surface area contributed by atoms with Crippen molar-refractivity contribution in [3.8, 4) is 0 Å². The summed E-state index contributed by atoms with van der Waals surface area (Å²) in [4.78, 5) is 7.73. The topological polar surface area (TPSA) is 82.9 Å². The van der Waals surface area contributed by atoms with Crippen LogP contribution >= 0.6 is 24.0 Å². The van der Waals surface area contributed by atoms with E-state index in [-0.39, 0.29) is 24.0 Å². The van der Waals surface area contributed by atoms with Crippen molar-refractivity contribution in [3.63, 3.8) is 0 Å². The van der Waals surface area contributed by atoms with Gasteiger partial charge in [-0.05, 0) is 49.8 Å². The van der Waals surface area contributed by atoms with Gasteiger partial charge in [0.15, 0.2) is 5.96 Å². The Morgan fingerprint density at radius 2 is 2.00 bits per heavy atom. The first kappa shape index (κ1) is 23.6. The van der Waals surface area contributed by atoms with Gasteiger partial charge in [0.1, 0.15) is 11.6 Å². The first-order valence-corrected chi connectivity index (χ1v) is 11.2. The highest BCUT2D eigenvalue weighted by Gasteiger charge is 2.14. The number of H-pyrrole nitrogens is 1. The van der Waals surface area contributed by atoms with Gasteiger partial charge >= 0.3 is 0 Å². The molecule has 0 fully saturated rings. The molecule has 0 radical (unpaired) electrons. The number of nitrogens with one attached hydrogen (secondary N) is 3. The molecule has 7 nitrogen and oxygen atoms in total. The fraction of sp³-hybridized carbons (Fsp3) is 0.522.